The van der Waals surface area contributed by atoms with Crippen molar-refractivity contribution in [3.05, 3.63) is 29.4 Å². The Morgan fingerprint density at radius 1 is 1.44 bits per heavy atom. The summed E-state index contributed by atoms with van der Waals surface area (Å²) in [4.78, 5) is 18.5. The van der Waals surface area contributed by atoms with Gasteiger partial charge in [0.15, 0.2) is 5.82 Å². The van der Waals surface area contributed by atoms with Gasteiger partial charge in [0.05, 0.1) is 23.6 Å². The number of carbonyl (C=O) groups is 1. The van der Waals surface area contributed by atoms with Crippen LogP contribution in [0.1, 0.15) is 10.4 Å². The van der Waals surface area contributed by atoms with E-state index in [1.807, 2.05) is 0 Å². The first kappa shape index (κ1) is 10.4. The van der Waals surface area contributed by atoms with Crippen molar-refractivity contribution in [1.82, 2.24) is 19.7 Å². The van der Waals surface area contributed by atoms with Crippen molar-refractivity contribution in [2.75, 3.05) is 5.73 Å². The normalized spacial score (nSPS) is 10.3. The molecule has 0 fully saturated rings. The van der Waals surface area contributed by atoms with Crippen molar-refractivity contribution >= 4 is 23.2 Å². The zero-order chi connectivity index (χ0) is 11.7. The topological polar surface area (TPSA) is 113 Å². The molecule has 16 heavy (non-hydrogen) atoms. The van der Waals surface area contributed by atoms with Crippen LogP contribution in [0.15, 0.2) is 18.6 Å². The van der Waals surface area contributed by atoms with Crippen LogP contribution in [0.3, 0.4) is 0 Å². The van der Waals surface area contributed by atoms with Gasteiger partial charge >= 0.3 is 0 Å². The first-order valence-corrected chi connectivity index (χ1v) is 4.58. The summed E-state index contributed by atoms with van der Waals surface area (Å²) in [5.41, 5.74) is 11.3. The molecule has 0 bridgehead atoms. The number of nitrogen functional groups attached to an aromatic ring is 1. The summed E-state index contributed by atoms with van der Waals surface area (Å²) in [6.45, 7) is 0. The van der Waals surface area contributed by atoms with Crippen LogP contribution in [0.5, 0.6) is 0 Å². The van der Waals surface area contributed by atoms with Crippen LogP contribution in [0.4, 0.5) is 5.69 Å². The summed E-state index contributed by atoms with van der Waals surface area (Å²) in [6, 6.07) is 0. The SMILES string of the molecule is NC(=O)c1cnn(-c2nc(Cl)ncc2N)c1. The predicted octanol–water partition coefficient (Wildman–Crippen LogP) is -0.00320. The number of halogens is 1. The second kappa shape index (κ2) is 3.78. The molecule has 2 aromatic rings. The lowest BCUT2D eigenvalue weighted by atomic mass is 10.3. The maximum absolute atomic E-state index is 10.9. The third-order valence-electron chi connectivity index (χ3n) is 1.85. The zero-order valence-electron chi connectivity index (χ0n) is 7.96. The Hall–Kier alpha value is -2.15. The Morgan fingerprint density at radius 2 is 2.19 bits per heavy atom. The van der Waals surface area contributed by atoms with Crippen molar-refractivity contribution in [3.63, 3.8) is 0 Å². The van der Waals surface area contributed by atoms with E-state index in [4.69, 9.17) is 23.1 Å². The van der Waals surface area contributed by atoms with Crippen LogP contribution < -0.4 is 11.5 Å². The molecule has 0 aliphatic carbocycles. The number of nitrogens with two attached hydrogens (primary N) is 2. The molecule has 2 heterocycles. The van der Waals surface area contributed by atoms with E-state index in [9.17, 15) is 4.79 Å². The fourth-order valence-electron chi connectivity index (χ4n) is 1.11. The lowest BCUT2D eigenvalue weighted by Gasteiger charge is -2.03. The molecule has 0 saturated carbocycles. The highest BCUT2D eigenvalue weighted by molar-refractivity contribution is 6.28. The van der Waals surface area contributed by atoms with Gasteiger partial charge in [-0.25, -0.2) is 9.67 Å². The summed E-state index contributed by atoms with van der Waals surface area (Å²) < 4.78 is 1.31. The molecule has 1 amide bonds. The standard InChI is InChI=1S/C8H7ClN6O/c9-8-12-2-5(10)7(14-8)15-3-4(1-13-15)6(11)16/h1-3H,10H2,(H2,11,16). The minimum atomic E-state index is -0.579. The fraction of sp³-hybridized carbons (Fsp3) is 0. The molecule has 8 heteroatoms. The van der Waals surface area contributed by atoms with Crippen LogP contribution in [0.25, 0.3) is 5.82 Å². The van der Waals surface area contributed by atoms with Gasteiger partial charge in [0.1, 0.15) is 0 Å². The third-order valence-corrected chi connectivity index (χ3v) is 2.03. The molecule has 0 spiro atoms. The van der Waals surface area contributed by atoms with Crippen LogP contribution in [0.2, 0.25) is 5.28 Å². The van der Waals surface area contributed by atoms with E-state index in [1.165, 1.54) is 23.3 Å². The molecule has 82 valence electrons. The van der Waals surface area contributed by atoms with Crippen molar-refractivity contribution in [3.8, 4) is 5.82 Å². The molecule has 7 nitrogen and oxygen atoms in total. The zero-order valence-corrected chi connectivity index (χ0v) is 8.72. The first-order chi connectivity index (χ1) is 7.58. The maximum atomic E-state index is 10.9. The van der Waals surface area contributed by atoms with E-state index in [-0.39, 0.29) is 10.8 Å². The van der Waals surface area contributed by atoms with Crippen molar-refractivity contribution in [1.29, 1.82) is 0 Å². The van der Waals surface area contributed by atoms with Crippen molar-refractivity contribution < 1.29 is 4.79 Å². The Labute approximate surface area is 95.0 Å². The molecular formula is C8H7ClN6O. The first-order valence-electron chi connectivity index (χ1n) is 4.21. The quantitative estimate of drug-likeness (QED) is 0.715. The molecular weight excluding hydrogens is 232 g/mol. The van der Waals surface area contributed by atoms with E-state index < -0.39 is 5.91 Å². The van der Waals surface area contributed by atoms with Gasteiger partial charge in [0.25, 0.3) is 5.91 Å². The Bertz CT molecular complexity index is 551. The number of carbonyl (C=O) groups excluding carboxylic acids is 1. The summed E-state index contributed by atoms with van der Waals surface area (Å²) in [5, 5.41) is 3.94. The average Bonchev–Trinajstić information content (AvgIpc) is 2.70. The highest BCUT2D eigenvalue weighted by Crippen LogP contribution is 2.14. The predicted molar refractivity (Wildman–Crippen MR) is 57.1 cm³/mol. The summed E-state index contributed by atoms with van der Waals surface area (Å²) in [7, 11) is 0. The second-order valence-corrected chi connectivity index (χ2v) is 3.29. The molecule has 0 radical (unpaired) electrons. The number of hydrogen-bond donors (Lipinski definition) is 2. The summed E-state index contributed by atoms with van der Waals surface area (Å²) in [6.07, 6.45) is 4.09. The number of aromatic nitrogens is 4. The number of hydrogen-bond acceptors (Lipinski definition) is 5. The van der Waals surface area contributed by atoms with Gasteiger partial charge in [-0.05, 0) is 11.6 Å². The molecule has 0 aliphatic rings. The highest BCUT2D eigenvalue weighted by atomic mass is 35.5. The molecule has 0 atom stereocenters. The maximum Gasteiger partial charge on any atom is 0.251 e. The summed E-state index contributed by atoms with van der Waals surface area (Å²) in [5.74, 6) is -0.280. The van der Waals surface area contributed by atoms with E-state index >= 15 is 0 Å². The monoisotopic (exact) mass is 238 g/mol. The van der Waals surface area contributed by atoms with Gasteiger partial charge in [-0.1, -0.05) is 0 Å². The molecule has 2 aromatic heterocycles. The van der Waals surface area contributed by atoms with Gasteiger partial charge in [-0.2, -0.15) is 10.1 Å². The number of primary amides is 1. The molecule has 0 saturated heterocycles. The van der Waals surface area contributed by atoms with E-state index in [0.29, 0.717) is 11.5 Å². The van der Waals surface area contributed by atoms with Gasteiger partial charge < -0.3 is 11.5 Å². The number of anilines is 1. The lowest BCUT2D eigenvalue weighted by Crippen LogP contribution is -2.10. The van der Waals surface area contributed by atoms with Crippen LogP contribution in [-0.4, -0.2) is 25.7 Å². The minimum Gasteiger partial charge on any atom is -0.394 e. The van der Waals surface area contributed by atoms with Gasteiger partial charge in [0.2, 0.25) is 5.28 Å². The van der Waals surface area contributed by atoms with E-state index in [1.54, 1.807) is 0 Å². The molecule has 2 rings (SSSR count). The third kappa shape index (κ3) is 1.80. The van der Waals surface area contributed by atoms with E-state index in [0.717, 1.165) is 0 Å². The Kier molecular flexibility index (Phi) is 2.45. The van der Waals surface area contributed by atoms with Gasteiger partial charge in [-0.3, -0.25) is 4.79 Å². The molecule has 0 aromatic carbocycles. The smallest absolute Gasteiger partial charge is 0.251 e. The van der Waals surface area contributed by atoms with Crippen LogP contribution in [0, 0.1) is 0 Å². The van der Waals surface area contributed by atoms with E-state index in [2.05, 4.69) is 15.1 Å². The minimum absolute atomic E-state index is 0.0420. The summed E-state index contributed by atoms with van der Waals surface area (Å²) >= 11 is 5.63. The largest absolute Gasteiger partial charge is 0.394 e. The number of amides is 1. The lowest BCUT2D eigenvalue weighted by molar-refractivity contribution is 0.100. The highest BCUT2D eigenvalue weighted by Gasteiger charge is 2.09. The second-order valence-electron chi connectivity index (χ2n) is 2.96. The molecule has 0 unspecified atom stereocenters. The fourth-order valence-corrected chi connectivity index (χ4v) is 1.24. The Morgan fingerprint density at radius 3 is 2.81 bits per heavy atom. The van der Waals surface area contributed by atoms with Gasteiger partial charge in [-0.15, -0.1) is 0 Å². The van der Waals surface area contributed by atoms with Gasteiger partial charge in [0, 0.05) is 6.20 Å². The molecule has 4 N–H and O–H groups in total. The van der Waals surface area contributed by atoms with Crippen molar-refractivity contribution in [2.24, 2.45) is 5.73 Å². The molecule has 0 aliphatic heterocycles. The van der Waals surface area contributed by atoms with Crippen molar-refractivity contribution in [2.45, 2.75) is 0 Å². The average molecular weight is 239 g/mol. The Balaban J connectivity index is 2.50. The van der Waals surface area contributed by atoms with Crippen LogP contribution in [-0.2, 0) is 0 Å². The number of nitrogens with zero attached hydrogens (tertiary/aromatic N) is 4. The van der Waals surface area contributed by atoms with Crippen LogP contribution >= 0.6 is 11.6 Å². The number of rotatable bonds is 2.